The summed E-state index contributed by atoms with van der Waals surface area (Å²) in [5, 5.41) is 3.70. The van der Waals surface area contributed by atoms with Crippen molar-refractivity contribution in [3.8, 4) is 5.75 Å². The number of hydrogen-bond donors (Lipinski definition) is 2. The molecule has 0 fully saturated rings. The van der Waals surface area contributed by atoms with Gasteiger partial charge in [0, 0.05) is 35.8 Å². The average Bonchev–Trinajstić information content (AvgIpc) is 2.72. The molecule has 0 saturated carbocycles. The summed E-state index contributed by atoms with van der Waals surface area (Å²) in [6.07, 6.45) is 0. The van der Waals surface area contributed by atoms with E-state index in [1.54, 1.807) is 18.1 Å². The van der Waals surface area contributed by atoms with Gasteiger partial charge in [-0.25, -0.2) is 4.79 Å². The Morgan fingerprint density at radius 2 is 1.93 bits per heavy atom. The lowest BCUT2D eigenvalue weighted by atomic mass is 10.1. The van der Waals surface area contributed by atoms with Gasteiger partial charge in [-0.3, -0.25) is 4.79 Å². The molecular formula is C22H25N3O4. The third-order valence-corrected chi connectivity index (χ3v) is 4.44. The van der Waals surface area contributed by atoms with Crippen LogP contribution in [0.5, 0.6) is 5.75 Å². The minimum atomic E-state index is -0.296. The fourth-order valence-electron chi connectivity index (χ4n) is 2.99. The van der Waals surface area contributed by atoms with Crippen LogP contribution >= 0.6 is 0 Å². The van der Waals surface area contributed by atoms with E-state index in [2.05, 4.69) is 10.3 Å². The summed E-state index contributed by atoms with van der Waals surface area (Å²) in [6, 6.07) is 16.2. The normalized spacial score (nSPS) is 10.7. The predicted octanol–water partition coefficient (Wildman–Crippen LogP) is 3.61. The van der Waals surface area contributed by atoms with E-state index < -0.39 is 0 Å². The number of carbonyl (C=O) groups excluding carboxylic acids is 1. The molecule has 29 heavy (non-hydrogen) atoms. The number of anilines is 1. The summed E-state index contributed by atoms with van der Waals surface area (Å²) in [4.78, 5) is 29.8. The van der Waals surface area contributed by atoms with Crippen molar-refractivity contribution < 1.29 is 14.3 Å². The van der Waals surface area contributed by atoms with E-state index in [4.69, 9.17) is 9.47 Å². The molecule has 3 rings (SSSR count). The minimum absolute atomic E-state index is 0.159. The summed E-state index contributed by atoms with van der Waals surface area (Å²) in [5.41, 5.74) is 1.68. The second kappa shape index (κ2) is 9.75. The molecule has 152 valence electrons. The average molecular weight is 395 g/mol. The Balaban J connectivity index is 1.85. The van der Waals surface area contributed by atoms with Gasteiger partial charge in [-0.2, -0.15) is 0 Å². The predicted molar refractivity (Wildman–Crippen MR) is 113 cm³/mol. The Morgan fingerprint density at radius 3 is 2.66 bits per heavy atom. The highest BCUT2D eigenvalue weighted by molar-refractivity contribution is 5.89. The number of pyridine rings is 1. The van der Waals surface area contributed by atoms with Crippen molar-refractivity contribution in [1.82, 2.24) is 9.88 Å². The largest absolute Gasteiger partial charge is 0.494 e. The van der Waals surface area contributed by atoms with Gasteiger partial charge < -0.3 is 24.7 Å². The van der Waals surface area contributed by atoms with Gasteiger partial charge in [0.1, 0.15) is 5.75 Å². The van der Waals surface area contributed by atoms with Crippen LogP contribution in [0.3, 0.4) is 0 Å². The van der Waals surface area contributed by atoms with Crippen LogP contribution in [-0.4, -0.2) is 42.8 Å². The van der Waals surface area contributed by atoms with Crippen molar-refractivity contribution in [2.24, 2.45) is 0 Å². The molecule has 7 nitrogen and oxygen atoms in total. The maximum atomic E-state index is 12.8. The topological polar surface area (TPSA) is 83.7 Å². The third-order valence-electron chi connectivity index (χ3n) is 4.44. The quantitative estimate of drug-likeness (QED) is 0.610. The number of aromatic amines is 1. The SMILES string of the molecule is CCOc1ccc2[nH]c(=O)c(CN(CCOC)C(=O)Nc3ccccc3)cc2c1. The van der Waals surface area contributed by atoms with Crippen molar-refractivity contribution in [2.75, 3.05) is 32.2 Å². The first kappa shape index (κ1) is 20.4. The molecule has 0 unspecified atom stereocenters. The fourth-order valence-corrected chi connectivity index (χ4v) is 2.99. The number of aromatic nitrogens is 1. The van der Waals surface area contributed by atoms with E-state index in [0.29, 0.717) is 31.0 Å². The molecule has 3 aromatic rings. The number of para-hydroxylation sites is 1. The summed E-state index contributed by atoms with van der Waals surface area (Å²) < 4.78 is 10.7. The van der Waals surface area contributed by atoms with Gasteiger partial charge in [0.25, 0.3) is 5.56 Å². The van der Waals surface area contributed by atoms with Crippen LogP contribution in [0, 0.1) is 0 Å². The molecule has 0 spiro atoms. The minimum Gasteiger partial charge on any atom is -0.494 e. The lowest BCUT2D eigenvalue weighted by Gasteiger charge is -2.23. The molecular weight excluding hydrogens is 370 g/mol. The maximum Gasteiger partial charge on any atom is 0.322 e. The van der Waals surface area contributed by atoms with Crippen LogP contribution < -0.4 is 15.6 Å². The van der Waals surface area contributed by atoms with E-state index in [0.717, 1.165) is 16.7 Å². The third kappa shape index (κ3) is 5.36. The highest BCUT2D eigenvalue weighted by atomic mass is 16.5. The lowest BCUT2D eigenvalue weighted by Crippen LogP contribution is -2.38. The van der Waals surface area contributed by atoms with Crippen molar-refractivity contribution in [1.29, 1.82) is 0 Å². The molecule has 2 N–H and O–H groups in total. The molecule has 0 atom stereocenters. The van der Waals surface area contributed by atoms with Crippen molar-refractivity contribution in [3.05, 3.63) is 70.5 Å². The second-order valence-corrected chi connectivity index (χ2v) is 6.52. The molecule has 2 aromatic carbocycles. The molecule has 1 heterocycles. The van der Waals surface area contributed by atoms with E-state index in [-0.39, 0.29) is 18.1 Å². The van der Waals surface area contributed by atoms with Gasteiger partial charge >= 0.3 is 6.03 Å². The van der Waals surface area contributed by atoms with Crippen LogP contribution in [0.4, 0.5) is 10.5 Å². The molecule has 0 aliphatic carbocycles. The molecule has 0 aliphatic heterocycles. The number of H-pyrrole nitrogens is 1. The molecule has 0 aliphatic rings. The smallest absolute Gasteiger partial charge is 0.322 e. The van der Waals surface area contributed by atoms with Gasteiger partial charge in [0.15, 0.2) is 0 Å². The summed E-state index contributed by atoms with van der Waals surface area (Å²) in [7, 11) is 1.57. The highest BCUT2D eigenvalue weighted by Gasteiger charge is 2.16. The van der Waals surface area contributed by atoms with E-state index in [9.17, 15) is 9.59 Å². The zero-order valence-electron chi connectivity index (χ0n) is 16.6. The Bertz CT molecular complexity index is 1020. The number of benzene rings is 2. The Hall–Kier alpha value is -3.32. The van der Waals surface area contributed by atoms with Gasteiger partial charge in [-0.15, -0.1) is 0 Å². The Morgan fingerprint density at radius 1 is 1.14 bits per heavy atom. The van der Waals surface area contributed by atoms with E-state index in [1.165, 1.54) is 0 Å². The lowest BCUT2D eigenvalue weighted by molar-refractivity contribution is 0.152. The number of ether oxygens (including phenoxy) is 2. The van der Waals surface area contributed by atoms with Crippen molar-refractivity contribution >= 4 is 22.6 Å². The monoisotopic (exact) mass is 395 g/mol. The van der Waals surface area contributed by atoms with Crippen molar-refractivity contribution in [2.45, 2.75) is 13.5 Å². The number of nitrogens with one attached hydrogen (secondary N) is 2. The van der Waals surface area contributed by atoms with Crippen LogP contribution in [0.15, 0.2) is 59.4 Å². The van der Waals surface area contributed by atoms with Crippen molar-refractivity contribution in [3.63, 3.8) is 0 Å². The number of carbonyl (C=O) groups is 1. The van der Waals surface area contributed by atoms with E-state index in [1.807, 2.05) is 55.5 Å². The number of amides is 2. The first-order valence-corrected chi connectivity index (χ1v) is 9.49. The van der Waals surface area contributed by atoms with Gasteiger partial charge in [-0.05, 0) is 43.3 Å². The molecule has 1 aromatic heterocycles. The number of rotatable bonds is 8. The maximum absolute atomic E-state index is 12.8. The van der Waals surface area contributed by atoms with Gasteiger partial charge in [-0.1, -0.05) is 18.2 Å². The zero-order valence-corrected chi connectivity index (χ0v) is 16.6. The number of fused-ring (bicyclic) bond motifs is 1. The molecule has 2 amide bonds. The van der Waals surface area contributed by atoms with Gasteiger partial charge in [0.05, 0.1) is 19.8 Å². The molecule has 0 saturated heterocycles. The standard InChI is InChI=1S/C22H25N3O4/c1-3-29-19-9-10-20-16(14-19)13-17(21(26)24-20)15-25(11-12-28-2)22(27)23-18-7-5-4-6-8-18/h4-10,13-14H,3,11-12,15H2,1-2H3,(H,23,27)(H,24,26). The van der Waals surface area contributed by atoms with Crippen LogP contribution in [0.1, 0.15) is 12.5 Å². The molecule has 0 radical (unpaired) electrons. The Labute approximate surface area is 169 Å². The Kier molecular flexibility index (Phi) is 6.86. The summed E-state index contributed by atoms with van der Waals surface area (Å²) in [5.74, 6) is 0.732. The van der Waals surface area contributed by atoms with Gasteiger partial charge in [0.2, 0.25) is 0 Å². The summed E-state index contributed by atoms with van der Waals surface area (Å²) in [6.45, 7) is 3.35. The van der Waals surface area contributed by atoms with Crippen LogP contribution in [0.2, 0.25) is 0 Å². The molecule has 0 bridgehead atoms. The number of hydrogen-bond acceptors (Lipinski definition) is 4. The summed E-state index contributed by atoms with van der Waals surface area (Å²) >= 11 is 0. The number of methoxy groups -OCH3 is 1. The first-order chi connectivity index (χ1) is 14.1. The fraction of sp³-hybridized carbons (Fsp3) is 0.273. The number of nitrogens with zero attached hydrogens (tertiary/aromatic N) is 1. The van der Waals surface area contributed by atoms with E-state index >= 15 is 0 Å². The van der Waals surface area contributed by atoms with Crippen LogP contribution in [0.25, 0.3) is 10.9 Å². The zero-order chi connectivity index (χ0) is 20.6. The van der Waals surface area contributed by atoms with Crippen LogP contribution in [-0.2, 0) is 11.3 Å². The molecule has 7 heteroatoms. The second-order valence-electron chi connectivity index (χ2n) is 6.52. The first-order valence-electron chi connectivity index (χ1n) is 9.49. The highest BCUT2D eigenvalue weighted by Crippen LogP contribution is 2.20. The number of urea groups is 1.